The quantitative estimate of drug-likeness (QED) is 0.627. The van der Waals surface area contributed by atoms with E-state index in [2.05, 4.69) is 0 Å². The summed E-state index contributed by atoms with van der Waals surface area (Å²) in [5, 5.41) is 20.0. The van der Waals surface area contributed by atoms with E-state index < -0.39 is 5.54 Å². The molecule has 0 radical (unpaired) electrons. The van der Waals surface area contributed by atoms with Crippen LogP contribution in [-0.4, -0.2) is 23.3 Å². The molecule has 0 aromatic heterocycles. The van der Waals surface area contributed by atoms with Crippen LogP contribution in [0.25, 0.3) is 0 Å². The second-order valence-electron chi connectivity index (χ2n) is 4.79. The lowest BCUT2D eigenvalue weighted by atomic mass is 10.1. The molecule has 1 N–H and O–H groups in total. The minimum atomic E-state index is -0.922. The van der Waals surface area contributed by atoms with E-state index in [-0.39, 0.29) is 17.8 Å². The van der Waals surface area contributed by atoms with Gasteiger partial charge in [0.2, 0.25) is 0 Å². The molecule has 1 saturated carbocycles. The number of hydrogen-bond donors (Lipinski definition) is 1. The lowest BCUT2D eigenvalue weighted by molar-refractivity contribution is -0.144. The fraction of sp³-hybridized carbons (Fsp3) is 0.385. The predicted octanol–water partition coefficient (Wildman–Crippen LogP) is 1.32. The Hall–Kier alpha value is -2.06. The number of nitrogens with zero attached hydrogens (tertiary/aromatic N) is 2. The molecule has 2 unspecified atom stereocenters. The Balaban J connectivity index is 1.93. The first-order valence-corrected chi connectivity index (χ1v) is 5.79. The van der Waals surface area contributed by atoms with Crippen molar-refractivity contribution in [3.63, 3.8) is 0 Å². The van der Waals surface area contributed by atoms with Crippen LogP contribution in [0.1, 0.15) is 12.5 Å². The maximum absolute atomic E-state index is 11.8. The molecule has 1 saturated heterocycles. The highest BCUT2D eigenvalue weighted by atomic mass is 16.6. The number of benzene rings is 1. The molecule has 2 aliphatic rings. The van der Waals surface area contributed by atoms with E-state index >= 15 is 0 Å². The van der Waals surface area contributed by atoms with Crippen LogP contribution in [0, 0.1) is 23.2 Å². The summed E-state index contributed by atoms with van der Waals surface area (Å²) < 4.78 is 4.98. The molecule has 0 spiro atoms. The Morgan fingerprint density at radius 3 is 2.67 bits per heavy atom. The number of rotatable bonds is 2. The average molecular weight is 244 g/mol. The van der Waals surface area contributed by atoms with Crippen LogP contribution in [0.5, 0.6) is 0 Å². The topological polar surface area (TPSA) is 73.6 Å². The maximum Gasteiger partial charge on any atom is 0.335 e. The van der Waals surface area contributed by atoms with Crippen LogP contribution in [0.15, 0.2) is 24.3 Å². The lowest BCUT2D eigenvalue weighted by Gasteiger charge is -2.24. The van der Waals surface area contributed by atoms with Gasteiger partial charge in [-0.1, -0.05) is 6.92 Å². The van der Waals surface area contributed by atoms with Crippen molar-refractivity contribution in [3.8, 4) is 6.07 Å². The maximum atomic E-state index is 11.8. The fourth-order valence-electron chi connectivity index (χ4n) is 2.85. The summed E-state index contributed by atoms with van der Waals surface area (Å²) in [6.07, 6.45) is 0. The number of anilines is 1. The van der Waals surface area contributed by atoms with Crippen LogP contribution >= 0.6 is 0 Å². The minimum Gasteiger partial charge on any atom is -0.463 e. The molecule has 1 aliphatic heterocycles. The van der Waals surface area contributed by atoms with Crippen molar-refractivity contribution >= 4 is 11.7 Å². The molecular formula is C13H12N2O3. The zero-order valence-electron chi connectivity index (χ0n) is 9.83. The Morgan fingerprint density at radius 1 is 1.50 bits per heavy atom. The molecule has 3 atom stereocenters. The first kappa shape index (κ1) is 11.1. The number of hydrogen-bond acceptors (Lipinski definition) is 5. The van der Waals surface area contributed by atoms with Gasteiger partial charge in [-0.05, 0) is 24.3 Å². The molecule has 1 aromatic carbocycles. The third kappa shape index (κ3) is 1.16. The second-order valence-corrected chi connectivity index (χ2v) is 4.79. The summed E-state index contributed by atoms with van der Waals surface area (Å²) in [5.41, 5.74) is 0.0926. The van der Waals surface area contributed by atoms with Gasteiger partial charge >= 0.3 is 5.97 Å². The van der Waals surface area contributed by atoms with Crippen LogP contribution in [0.3, 0.4) is 0 Å². The molecule has 5 nitrogen and oxygen atoms in total. The number of nitriles is 1. The number of ether oxygens (including phenoxy) is 1. The van der Waals surface area contributed by atoms with E-state index in [1.165, 1.54) is 0 Å². The van der Waals surface area contributed by atoms with E-state index in [1.807, 2.05) is 13.0 Å². The van der Waals surface area contributed by atoms with Crippen LogP contribution in [-0.2, 0) is 9.53 Å². The van der Waals surface area contributed by atoms with E-state index in [0.717, 1.165) is 5.06 Å². The van der Waals surface area contributed by atoms with Gasteiger partial charge in [-0.3, -0.25) is 5.21 Å². The molecule has 3 rings (SSSR count). The molecule has 2 fully saturated rings. The SMILES string of the molecule is C[C@H]1C2COC(=O)C21N(O)c1ccc(C#N)cc1. The largest absolute Gasteiger partial charge is 0.463 e. The van der Waals surface area contributed by atoms with Gasteiger partial charge in [0.1, 0.15) is 0 Å². The summed E-state index contributed by atoms with van der Waals surface area (Å²) in [6.45, 7) is 2.30. The molecule has 1 aromatic rings. The van der Waals surface area contributed by atoms with E-state index in [4.69, 9.17) is 10.00 Å². The van der Waals surface area contributed by atoms with Crippen LogP contribution in [0.4, 0.5) is 5.69 Å². The highest BCUT2D eigenvalue weighted by Crippen LogP contribution is 2.59. The minimum absolute atomic E-state index is 0.0469. The molecule has 0 amide bonds. The van der Waals surface area contributed by atoms with E-state index in [1.54, 1.807) is 24.3 Å². The Labute approximate surface area is 104 Å². The molecule has 5 heteroatoms. The summed E-state index contributed by atoms with van der Waals surface area (Å²) in [7, 11) is 0. The van der Waals surface area contributed by atoms with Gasteiger partial charge in [-0.25, -0.2) is 9.86 Å². The van der Waals surface area contributed by atoms with Gasteiger partial charge in [0.05, 0.1) is 23.9 Å². The summed E-state index contributed by atoms with van der Waals surface area (Å²) >= 11 is 0. The average Bonchev–Trinajstić information content (AvgIpc) is 2.83. The van der Waals surface area contributed by atoms with Crippen molar-refractivity contribution in [2.24, 2.45) is 11.8 Å². The van der Waals surface area contributed by atoms with E-state index in [0.29, 0.717) is 17.9 Å². The molecule has 1 heterocycles. The Bertz CT molecular complexity index is 548. The smallest absolute Gasteiger partial charge is 0.335 e. The predicted molar refractivity (Wildman–Crippen MR) is 61.8 cm³/mol. The number of hydroxylamine groups is 1. The summed E-state index contributed by atoms with van der Waals surface area (Å²) in [4.78, 5) is 11.8. The number of carbonyl (C=O) groups is 1. The van der Waals surface area contributed by atoms with Crippen molar-refractivity contribution in [1.29, 1.82) is 5.26 Å². The van der Waals surface area contributed by atoms with Gasteiger partial charge in [0.25, 0.3) is 0 Å². The fourth-order valence-corrected chi connectivity index (χ4v) is 2.85. The Kier molecular flexibility index (Phi) is 2.13. The highest BCUT2D eigenvalue weighted by molar-refractivity contribution is 5.92. The van der Waals surface area contributed by atoms with Gasteiger partial charge < -0.3 is 4.74 Å². The number of cyclic esters (lactones) is 1. The first-order valence-electron chi connectivity index (χ1n) is 5.79. The van der Waals surface area contributed by atoms with Crippen molar-refractivity contribution < 1.29 is 14.7 Å². The first-order chi connectivity index (χ1) is 8.62. The van der Waals surface area contributed by atoms with Crippen LogP contribution < -0.4 is 5.06 Å². The second kappa shape index (κ2) is 3.47. The van der Waals surface area contributed by atoms with Gasteiger partial charge in [-0.2, -0.15) is 5.26 Å². The van der Waals surface area contributed by atoms with Crippen molar-refractivity contribution in [1.82, 2.24) is 0 Å². The number of carbonyl (C=O) groups excluding carboxylic acids is 1. The zero-order valence-corrected chi connectivity index (χ0v) is 9.83. The third-order valence-electron chi connectivity index (χ3n) is 4.07. The molecular weight excluding hydrogens is 232 g/mol. The van der Waals surface area contributed by atoms with Gasteiger partial charge in [-0.15, -0.1) is 0 Å². The molecule has 92 valence electrons. The highest BCUT2D eigenvalue weighted by Gasteiger charge is 2.76. The lowest BCUT2D eigenvalue weighted by Crippen LogP contribution is -2.42. The number of esters is 1. The third-order valence-corrected chi connectivity index (χ3v) is 4.07. The molecule has 1 aliphatic carbocycles. The summed E-state index contributed by atoms with van der Waals surface area (Å²) in [6, 6.07) is 8.48. The van der Waals surface area contributed by atoms with E-state index in [9.17, 15) is 10.0 Å². The normalized spacial score (nSPS) is 32.4. The van der Waals surface area contributed by atoms with Crippen molar-refractivity contribution in [3.05, 3.63) is 29.8 Å². The standard InChI is InChI=1S/C13H12N2O3/c1-8-11-7-18-12(16)13(8,11)15(17)10-4-2-9(6-14)3-5-10/h2-5,8,11,17H,7H2,1H3/t8-,11?,13?/m0/s1. The Morgan fingerprint density at radius 2 is 2.17 bits per heavy atom. The zero-order chi connectivity index (χ0) is 12.9. The molecule has 18 heavy (non-hydrogen) atoms. The monoisotopic (exact) mass is 244 g/mol. The van der Waals surface area contributed by atoms with Gasteiger partial charge in [0, 0.05) is 11.8 Å². The number of fused-ring (bicyclic) bond motifs is 1. The van der Waals surface area contributed by atoms with Gasteiger partial charge in [0.15, 0.2) is 5.54 Å². The molecule has 0 bridgehead atoms. The van der Waals surface area contributed by atoms with Crippen molar-refractivity contribution in [2.75, 3.05) is 11.7 Å². The van der Waals surface area contributed by atoms with Crippen LogP contribution in [0.2, 0.25) is 0 Å². The summed E-state index contributed by atoms with van der Waals surface area (Å²) in [5.74, 6) is -0.239. The van der Waals surface area contributed by atoms with Crippen molar-refractivity contribution in [2.45, 2.75) is 12.5 Å².